The van der Waals surface area contributed by atoms with Crippen LogP contribution in [-0.4, -0.2) is 18.0 Å². The Morgan fingerprint density at radius 1 is 1.00 bits per heavy atom. The van der Waals surface area contributed by atoms with Crippen molar-refractivity contribution in [1.29, 1.82) is 0 Å². The van der Waals surface area contributed by atoms with Crippen molar-refractivity contribution in [3.63, 3.8) is 0 Å². The van der Waals surface area contributed by atoms with Gasteiger partial charge in [0, 0.05) is 24.1 Å². The summed E-state index contributed by atoms with van der Waals surface area (Å²) in [4.78, 5) is 23.4. The molecule has 25 heavy (non-hydrogen) atoms. The standard InChI is InChI=1S/C17H14Cl2FN3O2/c18-14-2-1-3-15(19)13(14)10-21-23-17(25)9-8-16(24)22-12-6-4-11(20)5-7-12/h1-7,10H,8-9H2,(H,22,24)(H,23,25). The van der Waals surface area contributed by atoms with Crippen LogP contribution in [0.1, 0.15) is 18.4 Å². The third-order valence-electron chi connectivity index (χ3n) is 3.09. The number of rotatable bonds is 6. The van der Waals surface area contributed by atoms with Crippen LogP contribution in [0.5, 0.6) is 0 Å². The molecule has 5 nitrogen and oxygen atoms in total. The summed E-state index contributed by atoms with van der Waals surface area (Å²) >= 11 is 11.9. The van der Waals surface area contributed by atoms with Crippen LogP contribution in [-0.2, 0) is 9.59 Å². The molecule has 130 valence electrons. The highest BCUT2D eigenvalue weighted by Gasteiger charge is 2.07. The first-order chi connectivity index (χ1) is 12.0. The number of nitrogens with one attached hydrogen (secondary N) is 2. The molecular formula is C17H14Cl2FN3O2. The van der Waals surface area contributed by atoms with Crippen LogP contribution < -0.4 is 10.7 Å². The number of carbonyl (C=O) groups is 2. The van der Waals surface area contributed by atoms with Crippen molar-refractivity contribution >= 4 is 46.9 Å². The Bertz CT molecular complexity index is 775. The van der Waals surface area contributed by atoms with Gasteiger partial charge in [0.05, 0.1) is 16.3 Å². The van der Waals surface area contributed by atoms with Crippen LogP contribution in [0, 0.1) is 5.82 Å². The predicted molar refractivity (Wildman–Crippen MR) is 96.5 cm³/mol. The minimum absolute atomic E-state index is 0.0361. The van der Waals surface area contributed by atoms with Gasteiger partial charge in [0.25, 0.3) is 0 Å². The van der Waals surface area contributed by atoms with Gasteiger partial charge in [0.1, 0.15) is 5.82 Å². The zero-order chi connectivity index (χ0) is 18.2. The lowest BCUT2D eigenvalue weighted by atomic mass is 10.2. The first kappa shape index (κ1) is 18.9. The third kappa shape index (κ3) is 6.17. The number of nitrogens with zero attached hydrogens (tertiary/aromatic N) is 1. The molecule has 0 unspecified atom stereocenters. The molecule has 0 aromatic heterocycles. The zero-order valence-corrected chi connectivity index (χ0v) is 14.4. The summed E-state index contributed by atoms with van der Waals surface area (Å²) in [6.45, 7) is 0. The summed E-state index contributed by atoms with van der Waals surface area (Å²) in [6, 6.07) is 10.3. The minimum Gasteiger partial charge on any atom is -0.326 e. The van der Waals surface area contributed by atoms with E-state index in [0.29, 0.717) is 21.3 Å². The van der Waals surface area contributed by atoms with Gasteiger partial charge in [-0.3, -0.25) is 9.59 Å². The molecule has 2 aromatic rings. The van der Waals surface area contributed by atoms with Crippen molar-refractivity contribution < 1.29 is 14.0 Å². The average Bonchev–Trinajstić information content (AvgIpc) is 2.58. The van der Waals surface area contributed by atoms with E-state index in [4.69, 9.17) is 23.2 Å². The second kappa shape index (κ2) is 9.15. The molecule has 0 bridgehead atoms. The van der Waals surface area contributed by atoms with E-state index in [1.165, 1.54) is 30.5 Å². The summed E-state index contributed by atoms with van der Waals surface area (Å²) in [5.41, 5.74) is 3.24. The topological polar surface area (TPSA) is 70.6 Å². The van der Waals surface area contributed by atoms with Gasteiger partial charge in [0.15, 0.2) is 0 Å². The quantitative estimate of drug-likeness (QED) is 0.586. The van der Waals surface area contributed by atoms with Gasteiger partial charge < -0.3 is 5.32 Å². The maximum atomic E-state index is 12.8. The van der Waals surface area contributed by atoms with Crippen LogP contribution in [0.2, 0.25) is 10.0 Å². The lowest BCUT2D eigenvalue weighted by Crippen LogP contribution is -2.20. The van der Waals surface area contributed by atoms with Gasteiger partial charge in [-0.15, -0.1) is 0 Å². The summed E-state index contributed by atoms with van der Waals surface area (Å²) in [7, 11) is 0. The molecular weight excluding hydrogens is 368 g/mol. The van der Waals surface area contributed by atoms with Crippen molar-refractivity contribution in [3.8, 4) is 0 Å². The Kier molecular flexibility index (Phi) is 6.91. The molecule has 2 rings (SSSR count). The molecule has 8 heteroatoms. The molecule has 0 aliphatic heterocycles. The predicted octanol–water partition coefficient (Wildman–Crippen LogP) is 4.00. The second-order valence-electron chi connectivity index (χ2n) is 4.98. The third-order valence-corrected chi connectivity index (χ3v) is 3.75. The van der Waals surface area contributed by atoms with Crippen molar-refractivity contribution in [2.24, 2.45) is 5.10 Å². The van der Waals surface area contributed by atoms with Crippen LogP contribution in [0.3, 0.4) is 0 Å². The van der Waals surface area contributed by atoms with Crippen LogP contribution in [0.15, 0.2) is 47.6 Å². The van der Waals surface area contributed by atoms with Gasteiger partial charge in [-0.25, -0.2) is 9.82 Å². The molecule has 0 fully saturated rings. The molecule has 0 spiro atoms. The number of hydrogen-bond acceptors (Lipinski definition) is 3. The lowest BCUT2D eigenvalue weighted by Gasteiger charge is -2.05. The molecule has 2 amide bonds. The fourth-order valence-electron chi connectivity index (χ4n) is 1.84. The van der Waals surface area contributed by atoms with Gasteiger partial charge >= 0.3 is 0 Å². The van der Waals surface area contributed by atoms with Gasteiger partial charge in [-0.05, 0) is 36.4 Å². The lowest BCUT2D eigenvalue weighted by molar-refractivity contribution is -0.124. The van der Waals surface area contributed by atoms with Crippen LogP contribution in [0.4, 0.5) is 10.1 Å². The van der Waals surface area contributed by atoms with Crippen molar-refractivity contribution in [2.75, 3.05) is 5.32 Å². The van der Waals surface area contributed by atoms with E-state index in [0.717, 1.165) is 0 Å². The fraction of sp³-hybridized carbons (Fsp3) is 0.118. The smallest absolute Gasteiger partial charge is 0.240 e. The Morgan fingerprint density at radius 3 is 2.24 bits per heavy atom. The van der Waals surface area contributed by atoms with E-state index in [9.17, 15) is 14.0 Å². The number of hydrazone groups is 1. The van der Waals surface area contributed by atoms with Crippen molar-refractivity contribution in [2.45, 2.75) is 12.8 Å². The van der Waals surface area contributed by atoms with Crippen molar-refractivity contribution in [3.05, 3.63) is 63.9 Å². The highest BCUT2D eigenvalue weighted by Crippen LogP contribution is 2.21. The number of amides is 2. The highest BCUT2D eigenvalue weighted by atomic mass is 35.5. The van der Waals surface area contributed by atoms with Crippen LogP contribution >= 0.6 is 23.2 Å². The SMILES string of the molecule is O=C(CCC(=O)Nc1ccc(F)cc1)NN=Cc1c(Cl)cccc1Cl. The Labute approximate surface area is 153 Å². The molecule has 0 atom stereocenters. The first-order valence-corrected chi connectivity index (χ1v) is 8.02. The number of benzene rings is 2. The minimum atomic E-state index is -0.436. The largest absolute Gasteiger partial charge is 0.326 e. The molecule has 2 aromatic carbocycles. The molecule has 0 saturated carbocycles. The zero-order valence-electron chi connectivity index (χ0n) is 12.9. The highest BCUT2D eigenvalue weighted by molar-refractivity contribution is 6.38. The summed E-state index contributed by atoms with van der Waals surface area (Å²) < 4.78 is 12.8. The monoisotopic (exact) mass is 381 g/mol. The molecule has 2 N–H and O–H groups in total. The van der Waals surface area contributed by atoms with E-state index in [-0.39, 0.29) is 18.7 Å². The maximum absolute atomic E-state index is 12.8. The number of carbonyl (C=O) groups excluding carboxylic acids is 2. The van der Waals surface area contributed by atoms with Crippen molar-refractivity contribution in [1.82, 2.24) is 5.43 Å². The van der Waals surface area contributed by atoms with E-state index in [2.05, 4.69) is 15.8 Å². The number of halogens is 3. The van der Waals surface area contributed by atoms with Crippen LogP contribution in [0.25, 0.3) is 0 Å². The summed E-state index contributed by atoms with van der Waals surface area (Å²) in [6.07, 6.45) is 1.24. The average molecular weight is 382 g/mol. The maximum Gasteiger partial charge on any atom is 0.240 e. The first-order valence-electron chi connectivity index (χ1n) is 7.27. The van der Waals surface area contributed by atoms with Gasteiger partial charge in [0.2, 0.25) is 11.8 Å². The summed E-state index contributed by atoms with van der Waals surface area (Å²) in [5.74, 6) is -1.19. The van der Waals surface area contributed by atoms with E-state index in [1.54, 1.807) is 18.2 Å². The number of hydrogen-bond donors (Lipinski definition) is 2. The molecule has 0 heterocycles. The molecule has 0 aliphatic carbocycles. The Hall–Kier alpha value is -2.44. The fourth-order valence-corrected chi connectivity index (χ4v) is 2.34. The molecule has 0 radical (unpaired) electrons. The normalized spacial score (nSPS) is 10.7. The molecule has 0 aliphatic rings. The second-order valence-corrected chi connectivity index (χ2v) is 5.80. The van der Waals surface area contributed by atoms with E-state index < -0.39 is 11.7 Å². The number of anilines is 1. The van der Waals surface area contributed by atoms with E-state index >= 15 is 0 Å². The van der Waals surface area contributed by atoms with E-state index in [1.807, 2.05) is 0 Å². The van der Waals surface area contributed by atoms with Gasteiger partial charge in [-0.1, -0.05) is 29.3 Å². The molecule has 0 saturated heterocycles. The Balaban J connectivity index is 1.77. The Morgan fingerprint density at radius 2 is 1.60 bits per heavy atom. The summed E-state index contributed by atoms with van der Waals surface area (Å²) in [5, 5.41) is 7.14. The van der Waals surface area contributed by atoms with Gasteiger partial charge in [-0.2, -0.15) is 5.10 Å².